The fourth-order valence-corrected chi connectivity index (χ4v) is 1.85. The summed E-state index contributed by atoms with van der Waals surface area (Å²) >= 11 is 0. The van der Waals surface area contributed by atoms with Gasteiger partial charge >= 0.3 is 0 Å². The Bertz CT molecular complexity index is 531. The molecule has 0 aliphatic heterocycles. The van der Waals surface area contributed by atoms with Crippen molar-refractivity contribution in [1.82, 2.24) is 20.9 Å². The summed E-state index contributed by atoms with van der Waals surface area (Å²) in [5.74, 6) is -0.846. The molecule has 0 aliphatic rings. The molecule has 126 valence electrons. The number of aromatic nitrogens is 1. The molecule has 0 saturated carbocycles. The second-order valence-electron chi connectivity index (χ2n) is 5.44. The summed E-state index contributed by atoms with van der Waals surface area (Å²) in [7, 11) is 0. The smallest absolute Gasteiger partial charge is 0.270 e. The van der Waals surface area contributed by atoms with Crippen molar-refractivity contribution in [2.75, 3.05) is 13.1 Å². The van der Waals surface area contributed by atoms with Crippen molar-refractivity contribution in [3.8, 4) is 0 Å². The van der Waals surface area contributed by atoms with E-state index in [4.69, 9.17) is 0 Å². The van der Waals surface area contributed by atoms with Crippen LogP contribution in [-0.2, 0) is 9.59 Å². The van der Waals surface area contributed by atoms with E-state index in [2.05, 4.69) is 20.9 Å². The predicted octanol–water partition coefficient (Wildman–Crippen LogP) is 0.478. The molecule has 1 atom stereocenters. The third kappa shape index (κ3) is 6.90. The van der Waals surface area contributed by atoms with Crippen molar-refractivity contribution in [2.24, 2.45) is 5.92 Å². The second-order valence-corrected chi connectivity index (χ2v) is 5.44. The topological polar surface area (TPSA) is 100 Å². The highest BCUT2D eigenvalue weighted by atomic mass is 16.2. The van der Waals surface area contributed by atoms with Crippen LogP contribution in [0.2, 0.25) is 0 Å². The van der Waals surface area contributed by atoms with Crippen molar-refractivity contribution in [3.63, 3.8) is 0 Å². The molecule has 0 aliphatic carbocycles. The highest BCUT2D eigenvalue weighted by Gasteiger charge is 2.19. The van der Waals surface area contributed by atoms with E-state index >= 15 is 0 Å². The van der Waals surface area contributed by atoms with E-state index in [-0.39, 0.29) is 42.3 Å². The van der Waals surface area contributed by atoms with Crippen molar-refractivity contribution in [2.45, 2.75) is 33.2 Å². The van der Waals surface area contributed by atoms with Gasteiger partial charge in [-0.3, -0.25) is 19.4 Å². The van der Waals surface area contributed by atoms with Gasteiger partial charge in [0.2, 0.25) is 11.8 Å². The van der Waals surface area contributed by atoms with E-state index in [1.54, 1.807) is 32.0 Å². The molecule has 1 unspecified atom stereocenters. The molecule has 1 aromatic rings. The van der Waals surface area contributed by atoms with E-state index in [0.29, 0.717) is 6.54 Å². The Labute approximate surface area is 136 Å². The summed E-state index contributed by atoms with van der Waals surface area (Å²) in [5.41, 5.74) is 0.267. The minimum atomic E-state index is -0.501. The number of nitrogens with one attached hydrogen (secondary N) is 3. The van der Waals surface area contributed by atoms with E-state index in [1.165, 1.54) is 6.20 Å². The first kappa shape index (κ1) is 18.6. The molecule has 3 N–H and O–H groups in total. The predicted molar refractivity (Wildman–Crippen MR) is 86.6 cm³/mol. The normalized spacial score (nSPS) is 11.7. The van der Waals surface area contributed by atoms with Gasteiger partial charge in [0, 0.05) is 31.6 Å². The zero-order chi connectivity index (χ0) is 17.2. The Hall–Kier alpha value is -2.44. The Morgan fingerprint density at radius 3 is 2.48 bits per heavy atom. The van der Waals surface area contributed by atoms with Crippen LogP contribution in [0, 0.1) is 5.92 Å². The highest BCUT2D eigenvalue weighted by Crippen LogP contribution is 1.99. The summed E-state index contributed by atoms with van der Waals surface area (Å²) in [4.78, 5) is 39.6. The molecule has 23 heavy (non-hydrogen) atoms. The van der Waals surface area contributed by atoms with Crippen LogP contribution >= 0.6 is 0 Å². The van der Waals surface area contributed by atoms with Gasteiger partial charge in [-0.2, -0.15) is 0 Å². The van der Waals surface area contributed by atoms with Gasteiger partial charge in [-0.05, 0) is 19.1 Å². The Balaban J connectivity index is 2.68. The monoisotopic (exact) mass is 320 g/mol. The van der Waals surface area contributed by atoms with Crippen LogP contribution < -0.4 is 16.0 Å². The summed E-state index contributed by atoms with van der Waals surface area (Å²) < 4.78 is 0. The van der Waals surface area contributed by atoms with Crippen molar-refractivity contribution < 1.29 is 14.4 Å². The lowest BCUT2D eigenvalue weighted by molar-refractivity contribution is -0.125. The Morgan fingerprint density at radius 1 is 1.17 bits per heavy atom. The van der Waals surface area contributed by atoms with Gasteiger partial charge in [0.25, 0.3) is 5.91 Å². The number of nitrogens with zero attached hydrogens (tertiary/aromatic N) is 1. The van der Waals surface area contributed by atoms with Crippen LogP contribution in [0.4, 0.5) is 0 Å². The molecule has 0 aromatic carbocycles. The molecule has 7 nitrogen and oxygen atoms in total. The SMILES string of the molecule is CCNC(=O)CC(CNC(=O)C(C)C)NC(=O)c1ccccn1. The highest BCUT2D eigenvalue weighted by molar-refractivity contribution is 5.92. The molecule has 0 spiro atoms. The minimum Gasteiger partial charge on any atom is -0.356 e. The summed E-state index contributed by atoms with van der Waals surface area (Å²) in [6.45, 7) is 6.08. The largest absolute Gasteiger partial charge is 0.356 e. The van der Waals surface area contributed by atoms with E-state index in [1.807, 2.05) is 6.92 Å². The maximum atomic E-state index is 12.2. The lowest BCUT2D eigenvalue weighted by atomic mass is 10.1. The first-order chi connectivity index (χ1) is 10.9. The standard InChI is InChI=1S/C16H24N4O3/c1-4-17-14(21)9-12(10-19-15(22)11(2)3)20-16(23)13-7-5-6-8-18-13/h5-8,11-12H,4,9-10H2,1-3H3,(H,17,21)(H,19,22)(H,20,23). The third-order valence-corrected chi connectivity index (χ3v) is 3.09. The van der Waals surface area contributed by atoms with Gasteiger partial charge in [0.05, 0.1) is 6.04 Å². The minimum absolute atomic E-state index is 0.0881. The molecule has 0 saturated heterocycles. The maximum absolute atomic E-state index is 12.2. The van der Waals surface area contributed by atoms with Crippen LogP contribution in [0.15, 0.2) is 24.4 Å². The molecule has 1 heterocycles. The first-order valence-corrected chi connectivity index (χ1v) is 7.70. The van der Waals surface area contributed by atoms with Gasteiger partial charge in [0.1, 0.15) is 5.69 Å². The molecule has 1 aromatic heterocycles. The van der Waals surface area contributed by atoms with Crippen molar-refractivity contribution >= 4 is 17.7 Å². The fourth-order valence-electron chi connectivity index (χ4n) is 1.85. The van der Waals surface area contributed by atoms with Crippen LogP contribution in [0.25, 0.3) is 0 Å². The number of rotatable bonds is 8. The van der Waals surface area contributed by atoms with Crippen molar-refractivity contribution in [1.29, 1.82) is 0 Å². The number of carbonyl (C=O) groups excluding carboxylic acids is 3. The Kier molecular flexibility index (Phi) is 7.73. The average Bonchev–Trinajstić information content (AvgIpc) is 2.53. The molecular weight excluding hydrogens is 296 g/mol. The molecular formula is C16H24N4O3. The molecule has 0 fully saturated rings. The average molecular weight is 320 g/mol. The van der Waals surface area contributed by atoms with Crippen LogP contribution in [0.5, 0.6) is 0 Å². The van der Waals surface area contributed by atoms with E-state index in [0.717, 1.165) is 0 Å². The maximum Gasteiger partial charge on any atom is 0.270 e. The summed E-state index contributed by atoms with van der Waals surface area (Å²) in [5, 5.41) is 8.15. The number of carbonyl (C=O) groups is 3. The lowest BCUT2D eigenvalue weighted by Crippen LogP contribution is -2.47. The molecule has 3 amide bonds. The van der Waals surface area contributed by atoms with Gasteiger partial charge in [-0.25, -0.2) is 0 Å². The second kappa shape index (κ2) is 9.55. The van der Waals surface area contributed by atoms with Crippen LogP contribution in [0.3, 0.4) is 0 Å². The fraction of sp³-hybridized carbons (Fsp3) is 0.500. The number of amides is 3. The third-order valence-electron chi connectivity index (χ3n) is 3.09. The van der Waals surface area contributed by atoms with E-state index in [9.17, 15) is 14.4 Å². The Morgan fingerprint density at radius 2 is 1.91 bits per heavy atom. The zero-order valence-corrected chi connectivity index (χ0v) is 13.8. The van der Waals surface area contributed by atoms with Crippen LogP contribution in [-0.4, -0.2) is 41.8 Å². The zero-order valence-electron chi connectivity index (χ0n) is 13.8. The van der Waals surface area contributed by atoms with Crippen molar-refractivity contribution in [3.05, 3.63) is 30.1 Å². The summed E-state index contributed by atoms with van der Waals surface area (Å²) in [6, 6.07) is 4.51. The van der Waals surface area contributed by atoms with Gasteiger partial charge in [-0.15, -0.1) is 0 Å². The van der Waals surface area contributed by atoms with Crippen LogP contribution in [0.1, 0.15) is 37.7 Å². The van der Waals surface area contributed by atoms with Gasteiger partial charge in [-0.1, -0.05) is 19.9 Å². The quantitative estimate of drug-likeness (QED) is 0.648. The molecule has 1 rings (SSSR count). The summed E-state index contributed by atoms with van der Waals surface area (Å²) in [6.07, 6.45) is 1.61. The number of hydrogen-bond acceptors (Lipinski definition) is 4. The first-order valence-electron chi connectivity index (χ1n) is 7.70. The molecule has 7 heteroatoms. The van der Waals surface area contributed by atoms with Gasteiger partial charge < -0.3 is 16.0 Å². The molecule has 0 bridgehead atoms. The number of hydrogen-bond donors (Lipinski definition) is 3. The van der Waals surface area contributed by atoms with Gasteiger partial charge in [0.15, 0.2) is 0 Å². The van der Waals surface area contributed by atoms with E-state index < -0.39 is 6.04 Å². The lowest BCUT2D eigenvalue weighted by Gasteiger charge is -2.19. The number of pyridine rings is 1. The molecule has 0 radical (unpaired) electrons.